The molecule has 4 nitrogen and oxygen atoms in total. The lowest BCUT2D eigenvalue weighted by molar-refractivity contribution is -0.674. The standard InChI is InChI=1S/C29H28ClN2O2/c1-4-20(17-29-32(6-3)25-19-23(30)13-15-27(25)34-29)16-28-31(5-2)24-18-22(12-14-26(24)33-28)21-10-8-7-9-11-21/h7-19H,4-6H2,1-3H3/q+1. The molecule has 0 saturated carbocycles. The highest BCUT2D eigenvalue weighted by Crippen LogP contribution is 2.40. The van der Waals surface area contributed by atoms with Gasteiger partial charge in [0.2, 0.25) is 11.5 Å². The van der Waals surface area contributed by atoms with Crippen molar-refractivity contribution in [3.63, 3.8) is 0 Å². The number of aromatic nitrogens is 1. The monoisotopic (exact) mass is 471 g/mol. The Labute approximate surface area is 205 Å². The van der Waals surface area contributed by atoms with E-state index in [4.69, 9.17) is 20.8 Å². The van der Waals surface area contributed by atoms with E-state index >= 15 is 0 Å². The van der Waals surface area contributed by atoms with Crippen LogP contribution in [0.3, 0.4) is 0 Å². The maximum Gasteiger partial charge on any atom is 0.374 e. The van der Waals surface area contributed by atoms with Crippen LogP contribution < -0.4 is 14.2 Å². The number of aryl methyl sites for hydroxylation is 1. The number of rotatable bonds is 6. The number of anilines is 1. The first-order valence-electron chi connectivity index (χ1n) is 11.8. The molecule has 0 saturated heterocycles. The van der Waals surface area contributed by atoms with Crippen molar-refractivity contribution in [3.05, 3.63) is 95.2 Å². The Bertz CT molecular complexity index is 1400. The van der Waals surface area contributed by atoms with Gasteiger partial charge in [-0.15, -0.1) is 0 Å². The van der Waals surface area contributed by atoms with Gasteiger partial charge in [0.25, 0.3) is 5.52 Å². The van der Waals surface area contributed by atoms with Crippen molar-refractivity contribution < 1.29 is 13.7 Å². The molecular weight excluding hydrogens is 444 g/mol. The van der Waals surface area contributed by atoms with Gasteiger partial charge in [-0.3, -0.25) is 0 Å². The largest absolute Gasteiger partial charge is 0.439 e. The predicted octanol–water partition coefficient (Wildman–Crippen LogP) is 7.61. The van der Waals surface area contributed by atoms with Gasteiger partial charge in [-0.1, -0.05) is 54.9 Å². The summed E-state index contributed by atoms with van der Waals surface area (Å²) < 4.78 is 14.7. The minimum Gasteiger partial charge on any atom is -0.439 e. The molecule has 0 amide bonds. The Morgan fingerprint density at radius 3 is 2.53 bits per heavy atom. The molecule has 5 rings (SSSR count). The van der Waals surface area contributed by atoms with Gasteiger partial charge >= 0.3 is 5.89 Å². The van der Waals surface area contributed by atoms with Crippen LogP contribution in [0.2, 0.25) is 5.02 Å². The molecule has 34 heavy (non-hydrogen) atoms. The van der Waals surface area contributed by atoms with Crippen LogP contribution in [0.15, 0.2) is 88.7 Å². The van der Waals surface area contributed by atoms with E-state index in [1.54, 1.807) is 0 Å². The summed E-state index contributed by atoms with van der Waals surface area (Å²) in [5, 5.41) is 0.703. The van der Waals surface area contributed by atoms with E-state index in [-0.39, 0.29) is 0 Å². The van der Waals surface area contributed by atoms with Gasteiger partial charge in [0, 0.05) is 23.7 Å². The van der Waals surface area contributed by atoms with Gasteiger partial charge in [-0.25, -0.2) is 0 Å². The molecule has 172 valence electrons. The van der Waals surface area contributed by atoms with Crippen molar-refractivity contribution in [2.24, 2.45) is 0 Å². The lowest BCUT2D eigenvalue weighted by Gasteiger charge is -2.16. The first-order valence-corrected chi connectivity index (χ1v) is 12.2. The average Bonchev–Trinajstić information content (AvgIpc) is 3.39. The van der Waals surface area contributed by atoms with Crippen LogP contribution in [0.25, 0.3) is 28.3 Å². The first-order chi connectivity index (χ1) is 16.6. The Morgan fingerprint density at radius 2 is 1.79 bits per heavy atom. The molecule has 0 N–H and O–H groups in total. The molecule has 1 aliphatic heterocycles. The molecule has 2 heterocycles. The number of allylic oxidation sites excluding steroid dienone is 2. The van der Waals surface area contributed by atoms with E-state index in [1.165, 1.54) is 11.1 Å². The number of oxazole rings is 1. The molecule has 0 radical (unpaired) electrons. The van der Waals surface area contributed by atoms with Gasteiger partial charge in [0.05, 0.1) is 11.8 Å². The smallest absolute Gasteiger partial charge is 0.374 e. The number of hydrogen-bond acceptors (Lipinski definition) is 3. The molecular formula is C29H28ClN2O2+. The van der Waals surface area contributed by atoms with E-state index < -0.39 is 0 Å². The Balaban J connectivity index is 1.54. The Hall–Kier alpha value is -3.50. The normalized spacial score (nSPS) is 14.6. The summed E-state index contributed by atoms with van der Waals surface area (Å²) in [7, 11) is 0. The fraction of sp³-hybridized carbons (Fsp3) is 0.207. The van der Waals surface area contributed by atoms with E-state index in [9.17, 15) is 0 Å². The van der Waals surface area contributed by atoms with Gasteiger partial charge in [0.1, 0.15) is 6.54 Å². The van der Waals surface area contributed by atoms with Crippen LogP contribution in [0, 0.1) is 0 Å². The number of halogens is 1. The van der Waals surface area contributed by atoms with Gasteiger partial charge in [-0.05, 0) is 61.2 Å². The van der Waals surface area contributed by atoms with Crippen molar-refractivity contribution in [3.8, 4) is 16.9 Å². The minimum absolute atomic E-state index is 0.703. The summed E-state index contributed by atoms with van der Waals surface area (Å²) in [6.45, 7) is 8.00. The molecule has 5 heteroatoms. The van der Waals surface area contributed by atoms with Crippen molar-refractivity contribution in [1.82, 2.24) is 0 Å². The highest BCUT2D eigenvalue weighted by atomic mass is 35.5. The molecule has 0 spiro atoms. The van der Waals surface area contributed by atoms with Crippen LogP contribution >= 0.6 is 11.6 Å². The molecule has 0 aliphatic carbocycles. The Morgan fingerprint density at radius 1 is 0.971 bits per heavy atom. The van der Waals surface area contributed by atoms with Crippen molar-refractivity contribution in [2.45, 2.75) is 33.7 Å². The van der Waals surface area contributed by atoms with Crippen LogP contribution in [-0.4, -0.2) is 6.54 Å². The fourth-order valence-electron chi connectivity index (χ4n) is 4.42. The second-order valence-corrected chi connectivity index (χ2v) is 8.68. The van der Waals surface area contributed by atoms with E-state index in [1.807, 2.05) is 24.3 Å². The third-order valence-corrected chi connectivity index (χ3v) is 6.42. The van der Waals surface area contributed by atoms with Crippen molar-refractivity contribution >= 4 is 34.5 Å². The number of hydrogen-bond donors (Lipinski definition) is 0. The van der Waals surface area contributed by atoms with Crippen LogP contribution in [-0.2, 0) is 6.54 Å². The summed E-state index contributed by atoms with van der Waals surface area (Å²) in [5.74, 6) is 2.46. The number of nitrogens with zero attached hydrogens (tertiary/aromatic N) is 2. The Kier molecular flexibility index (Phi) is 6.16. The zero-order valence-corrected chi connectivity index (χ0v) is 20.5. The zero-order valence-electron chi connectivity index (χ0n) is 19.7. The SMILES string of the molecule is CCC(/C=C1\Oc2ccc(Cl)cc2N1CC)=C\c1oc2ccc(-c3ccccc3)cc2[n+]1CC. The number of benzene rings is 3. The second kappa shape index (κ2) is 9.40. The van der Waals surface area contributed by atoms with Crippen LogP contribution in [0.4, 0.5) is 5.69 Å². The highest BCUT2D eigenvalue weighted by Gasteiger charge is 2.26. The van der Waals surface area contributed by atoms with Crippen molar-refractivity contribution in [2.75, 3.05) is 11.4 Å². The lowest BCUT2D eigenvalue weighted by Crippen LogP contribution is -2.33. The maximum absolute atomic E-state index is 6.29. The average molecular weight is 472 g/mol. The molecule has 0 bridgehead atoms. The molecule has 0 atom stereocenters. The molecule has 3 aromatic carbocycles. The number of fused-ring (bicyclic) bond motifs is 2. The van der Waals surface area contributed by atoms with Gasteiger partial charge in [0.15, 0.2) is 5.75 Å². The molecule has 0 fully saturated rings. The summed E-state index contributed by atoms with van der Waals surface area (Å²) in [6.07, 6.45) is 5.06. The molecule has 0 unspecified atom stereocenters. The molecule has 4 aromatic rings. The topological polar surface area (TPSA) is 29.5 Å². The molecule has 1 aliphatic rings. The van der Waals surface area contributed by atoms with Gasteiger partial charge in [-0.2, -0.15) is 4.57 Å². The third kappa shape index (κ3) is 4.10. The zero-order chi connectivity index (χ0) is 23.7. The first kappa shape index (κ1) is 22.3. The second-order valence-electron chi connectivity index (χ2n) is 8.25. The van der Waals surface area contributed by atoms with E-state index in [0.29, 0.717) is 5.02 Å². The third-order valence-electron chi connectivity index (χ3n) is 6.19. The summed E-state index contributed by atoms with van der Waals surface area (Å²) in [4.78, 5) is 2.14. The summed E-state index contributed by atoms with van der Waals surface area (Å²) in [5.41, 5.74) is 6.47. The molecule has 1 aromatic heterocycles. The van der Waals surface area contributed by atoms with E-state index in [0.717, 1.165) is 59.4 Å². The fourth-order valence-corrected chi connectivity index (χ4v) is 4.58. The summed E-state index contributed by atoms with van der Waals surface area (Å²) in [6, 6.07) is 22.5. The highest BCUT2D eigenvalue weighted by molar-refractivity contribution is 6.31. The van der Waals surface area contributed by atoms with Crippen LogP contribution in [0.5, 0.6) is 5.75 Å². The number of ether oxygens (including phenoxy) is 1. The van der Waals surface area contributed by atoms with Crippen molar-refractivity contribution in [1.29, 1.82) is 0 Å². The van der Waals surface area contributed by atoms with Gasteiger partial charge < -0.3 is 14.1 Å². The quantitative estimate of drug-likeness (QED) is 0.271. The minimum atomic E-state index is 0.703. The van der Waals surface area contributed by atoms with Crippen LogP contribution in [0.1, 0.15) is 33.1 Å². The summed E-state index contributed by atoms with van der Waals surface area (Å²) >= 11 is 6.23. The maximum atomic E-state index is 6.29. The predicted molar refractivity (Wildman–Crippen MR) is 139 cm³/mol. The lowest BCUT2D eigenvalue weighted by atomic mass is 10.1. The van der Waals surface area contributed by atoms with E-state index in [2.05, 4.69) is 84.9 Å².